The Morgan fingerprint density at radius 2 is 1.50 bits per heavy atom. The van der Waals surface area contributed by atoms with Crippen molar-refractivity contribution < 1.29 is 20.4 Å². The average molecular weight is 245 g/mol. The molecule has 0 bridgehead atoms. The summed E-state index contributed by atoms with van der Waals surface area (Å²) in [6, 6.07) is 4.86. The van der Waals surface area contributed by atoms with Crippen LogP contribution in [-0.2, 0) is 0 Å². The van der Waals surface area contributed by atoms with Gasteiger partial charge in [-0.3, -0.25) is 0 Å². The van der Waals surface area contributed by atoms with Gasteiger partial charge in [-0.05, 0) is 18.6 Å². The Kier molecular flexibility index (Phi) is 1.90. The Morgan fingerprint density at radius 1 is 0.833 bits per heavy atom. The highest BCUT2D eigenvalue weighted by atomic mass is 16.3. The minimum Gasteiger partial charge on any atom is -0.505 e. The van der Waals surface area contributed by atoms with Gasteiger partial charge in [0, 0.05) is 10.8 Å². The fraction of sp³-hybridized carbons (Fsp3) is 0.0769. The fourth-order valence-corrected chi connectivity index (χ4v) is 2.15. The first-order valence-electron chi connectivity index (χ1n) is 5.38. The van der Waals surface area contributed by atoms with Crippen LogP contribution in [0.15, 0.2) is 18.2 Å². The quantitative estimate of drug-likeness (QED) is 0.393. The molecule has 0 fully saturated rings. The van der Waals surface area contributed by atoms with Gasteiger partial charge in [0.05, 0.1) is 11.0 Å². The summed E-state index contributed by atoms with van der Waals surface area (Å²) in [4.78, 5) is 2.85. The molecule has 5 heteroatoms. The number of benzene rings is 2. The molecular formula is C13H11NO4. The van der Waals surface area contributed by atoms with E-state index in [9.17, 15) is 20.4 Å². The highest BCUT2D eigenvalue weighted by molar-refractivity contribution is 6.12. The number of phenols is 4. The van der Waals surface area contributed by atoms with Crippen LogP contribution in [0.5, 0.6) is 23.0 Å². The second kappa shape index (κ2) is 3.22. The summed E-state index contributed by atoms with van der Waals surface area (Å²) >= 11 is 0. The zero-order valence-electron chi connectivity index (χ0n) is 9.52. The lowest BCUT2D eigenvalue weighted by Gasteiger charge is -2.01. The number of hydrogen-bond donors (Lipinski definition) is 5. The molecule has 0 radical (unpaired) electrons. The molecule has 5 N–H and O–H groups in total. The Morgan fingerprint density at radius 3 is 2.22 bits per heavy atom. The summed E-state index contributed by atoms with van der Waals surface area (Å²) in [5.74, 6) is -1.33. The lowest BCUT2D eigenvalue weighted by atomic mass is 10.1. The highest BCUT2D eigenvalue weighted by Gasteiger charge is 2.17. The fourth-order valence-electron chi connectivity index (χ4n) is 2.15. The van der Waals surface area contributed by atoms with E-state index in [4.69, 9.17) is 0 Å². The van der Waals surface area contributed by atoms with Crippen molar-refractivity contribution in [1.82, 2.24) is 4.98 Å². The molecule has 0 aliphatic heterocycles. The minimum absolute atomic E-state index is 0.0853. The van der Waals surface area contributed by atoms with E-state index in [0.717, 1.165) is 0 Å². The topological polar surface area (TPSA) is 96.7 Å². The van der Waals surface area contributed by atoms with Crippen molar-refractivity contribution >= 4 is 21.8 Å². The number of aromatic amines is 1. The molecule has 0 atom stereocenters. The largest absolute Gasteiger partial charge is 0.505 e. The maximum atomic E-state index is 9.95. The van der Waals surface area contributed by atoms with Gasteiger partial charge in [-0.25, -0.2) is 0 Å². The smallest absolute Gasteiger partial charge is 0.202 e. The van der Waals surface area contributed by atoms with Gasteiger partial charge < -0.3 is 25.4 Å². The van der Waals surface area contributed by atoms with Crippen molar-refractivity contribution in [2.24, 2.45) is 0 Å². The van der Waals surface area contributed by atoms with Gasteiger partial charge in [0.15, 0.2) is 11.5 Å². The summed E-state index contributed by atoms with van der Waals surface area (Å²) < 4.78 is 0. The number of aryl methyl sites for hydroxylation is 1. The van der Waals surface area contributed by atoms with Crippen molar-refractivity contribution in [2.45, 2.75) is 6.92 Å². The van der Waals surface area contributed by atoms with Crippen LogP contribution in [0.2, 0.25) is 0 Å². The van der Waals surface area contributed by atoms with Gasteiger partial charge in [-0.2, -0.15) is 0 Å². The number of nitrogens with one attached hydrogen (secondary N) is 1. The lowest BCUT2D eigenvalue weighted by Crippen LogP contribution is -1.75. The van der Waals surface area contributed by atoms with E-state index < -0.39 is 17.2 Å². The molecule has 0 aliphatic rings. The zero-order valence-corrected chi connectivity index (χ0v) is 9.52. The van der Waals surface area contributed by atoms with E-state index in [2.05, 4.69) is 4.98 Å². The van der Waals surface area contributed by atoms with Crippen molar-refractivity contribution in [2.75, 3.05) is 0 Å². The third-order valence-electron chi connectivity index (χ3n) is 3.17. The monoisotopic (exact) mass is 245 g/mol. The van der Waals surface area contributed by atoms with Crippen LogP contribution in [0.3, 0.4) is 0 Å². The molecule has 0 spiro atoms. The van der Waals surface area contributed by atoms with E-state index in [1.807, 2.05) is 0 Å². The number of fused-ring (bicyclic) bond motifs is 3. The van der Waals surface area contributed by atoms with Gasteiger partial charge in [-0.15, -0.1) is 0 Å². The molecule has 3 rings (SSSR count). The lowest BCUT2D eigenvalue weighted by molar-refractivity contribution is 0.371. The molecule has 1 aromatic heterocycles. The zero-order chi connectivity index (χ0) is 13.0. The first kappa shape index (κ1) is 10.6. The second-order valence-electron chi connectivity index (χ2n) is 4.29. The number of H-pyrrole nitrogens is 1. The summed E-state index contributed by atoms with van der Waals surface area (Å²) in [5.41, 5.74) is 1.44. The molecule has 5 nitrogen and oxygen atoms in total. The predicted molar refractivity (Wildman–Crippen MR) is 67.2 cm³/mol. The molecule has 0 saturated carbocycles. The van der Waals surface area contributed by atoms with Gasteiger partial charge in [0.2, 0.25) is 5.75 Å². The van der Waals surface area contributed by atoms with Crippen LogP contribution in [0.25, 0.3) is 21.8 Å². The Hall–Kier alpha value is -2.56. The number of aromatic nitrogens is 1. The van der Waals surface area contributed by atoms with Crippen LogP contribution in [0, 0.1) is 6.92 Å². The molecule has 2 aromatic carbocycles. The summed E-state index contributed by atoms with van der Waals surface area (Å²) in [6.07, 6.45) is 0. The van der Waals surface area contributed by atoms with Gasteiger partial charge >= 0.3 is 0 Å². The minimum atomic E-state index is -0.578. The normalized spacial score (nSPS) is 11.4. The predicted octanol–water partition coefficient (Wildman–Crippen LogP) is 2.45. The van der Waals surface area contributed by atoms with Gasteiger partial charge in [0.1, 0.15) is 5.75 Å². The summed E-state index contributed by atoms with van der Waals surface area (Å²) in [6.45, 7) is 1.76. The molecule has 18 heavy (non-hydrogen) atoms. The van der Waals surface area contributed by atoms with Crippen LogP contribution in [0.1, 0.15) is 5.56 Å². The second-order valence-corrected chi connectivity index (χ2v) is 4.29. The first-order chi connectivity index (χ1) is 8.50. The Bertz CT molecular complexity index is 789. The molecule has 1 heterocycles. The van der Waals surface area contributed by atoms with E-state index in [0.29, 0.717) is 21.9 Å². The number of rotatable bonds is 0. The highest BCUT2D eigenvalue weighted by Crippen LogP contribution is 2.44. The summed E-state index contributed by atoms with van der Waals surface area (Å²) in [5, 5.41) is 39.9. The number of phenolic OH excluding ortho intramolecular Hbond substituents is 4. The third kappa shape index (κ3) is 1.15. The maximum Gasteiger partial charge on any atom is 0.202 e. The Balaban J connectivity index is 2.59. The van der Waals surface area contributed by atoms with Crippen LogP contribution in [-0.4, -0.2) is 25.4 Å². The molecular weight excluding hydrogens is 234 g/mol. The molecule has 0 amide bonds. The van der Waals surface area contributed by atoms with E-state index in [-0.39, 0.29) is 11.3 Å². The van der Waals surface area contributed by atoms with Crippen molar-refractivity contribution in [1.29, 1.82) is 0 Å². The maximum absolute atomic E-state index is 9.95. The Labute approximate surface area is 102 Å². The molecule has 0 saturated heterocycles. The number of hydrogen-bond acceptors (Lipinski definition) is 4. The third-order valence-corrected chi connectivity index (χ3v) is 3.17. The summed E-state index contributed by atoms with van der Waals surface area (Å²) in [7, 11) is 0. The van der Waals surface area contributed by atoms with Gasteiger partial charge in [0.25, 0.3) is 0 Å². The first-order valence-corrected chi connectivity index (χ1v) is 5.38. The standard InChI is InChI=1S/C13H11NO4/c1-5-2-3-6-7-4-8(15)12(17)13(18)10(7)14-9(6)11(5)16/h2-4,14-18H,1H3. The molecule has 0 unspecified atom stereocenters. The van der Waals surface area contributed by atoms with Crippen molar-refractivity contribution in [3.63, 3.8) is 0 Å². The average Bonchev–Trinajstić information content (AvgIpc) is 2.71. The van der Waals surface area contributed by atoms with E-state index in [1.165, 1.54) is 6.07 Å². The van der Waals surface area contributed by atoms with Crippen molar-refractivity contribution in [3.05, 3.63) is 23.8 Å². The van der Waals surface area contributed by atoms with Crippen LogP contribution in [0.4, 0.5) is 0 Å². The molecule has 3 aromatic rings. The van der Waals surface area contributed by atoms with Crippen molar-refractivity contribution in [3.8, 4) is 23.0 Å². The van der Waals surface area contributed by atoms with Gasteiger partial charge in [-0.1, -0.05) is 12.1 Å². The molecule has 92 valence electrons. The van der Waals surface area contributed by atoms with E-state index >= 15 is 0 Å². The van der Waals surface area contributed by atoms with Crippen LogP contribution >= 0.6 is 0 Å². The van der Waals surface area contributed by atoms with Crippen LogP contribution < -0.4 is 0 Å². The molecule has 0 aliphatic carbocycles. The number of aromatic hydroxyl groups is 4. The van der Waals surface area contributed by atoms with E-state index in [1.54, 1.807) is 19.1 Å². The SMILES string of the molecule is Cc1ccc2c([nH]c3c(O)c(O)c(O)cc32)c1O.